The van der Waals surface area contributed by atoms with Crippen molar-refractivity contribution in [3.63, 3.8) is 0 Å². The predicted octanol–water partition coefficient (Wildman–Crippen LogP) is 17.9. The van der Waals surface area contributed by atoms with Crippen molar-refractivity contribution in [1.82, 2.24) is 4.40 Å². The van der Waals surface area contributed by atoms with E-state index in [4.69, 9.17) is 0 Å². The maximum atomic E-state index is 2.50. The minimum absolute atomic E-state index is 1.09. The third kappa shape index (κ3) is 6.16. The second kappa shape index (κ2) is 15.2. The molecule has 13 aromatic rings. The minimum atomic E-state index is 1.09. The molecule has 0 N–H and O–H groups in total. The van der Waals surface area contributed by atoms with Crippen molar-refractivity contribution in [3.05, 3.63) is 243 Å². The van der Waals surface area contributed by atoms with E-state index in [2.05, 4.69) is 252 Å². The van der Waals surface area contributed by atoms with Crippen molar-refractivity contribution in [1.29, 1.82) is 0 Å². The summed E-state index contributed by atoms with van der Waals surface area (Å²) in [4.78, 5) is 3.72. The SMILES string of the molecule is c1ccc(-c2cc(-c3ccccc3)cc(N(c3ccc(-c4cccc5sc6c(-c7ccccc7)c7ccccc7n6c45)cc3)c3ccc4c5ccccc5c5ccccc5c4c3)c2)cc1. The molecule has 0 atom stereocenters. The van der Waals surface area contributed by atoms with Gasteiger partial charge in [-0.1, -0.05) is 188 Å². The van der Waals surface area contributed by atoms with Crippen LogP contribution < -0.4 is 4.90 Å². The minimum Gasteiger partial charge on any atom is -0.310 e. The third-order valence-corrected chi connectivity index (χ3v) is 14.3. The summed E-state index contributed by atoms with van der Waals surface area (Å²) in [7, 11) is 0. The molecular weight excluding hydrogens is 805 g/mol. The normalized spacial score (nSPS) is 11.7. The highest BCUT2D eigenvalue weighted by atomic mass is 32.1. The second-order valence-electron chi connectivity index (χ2n) is 16.9. The van der Waals surface area contributed by atoms with Crippen molar-refractivity contribution >= 4 is 86.7 Å². The van der Waals surface area contributed by atoms with E-state index in [1.165, 1.54) is 103 Å². The number of para-hydroxylation sites is 2. The fourth-order valence-corrected chi connectivity index (χ4v) is 11.5. The lowest BCUT2D eigenvalue weighted by Gasteiger charge is -2.28. The highest BCUT2D eigenvalue weighted by Crippen LogP contribution is 2.47. The Morgan fingerprint density at radius 2 is 0.815 bits per heavy atom. The monoisotopic (exact) mass is 844 g/mol. The molecule has 0 unspecified atom stereocenters. The van der Waals surface area contributed by atoms with Gasteiger partial charge in [0.15, 0.2) is 0 Å². The first-order valence-corrected chi connectivity index (χ1v) is 23.1. The summed E-state index contributed by atoms with van der Waals surface area (Å²) in [5.41, 5.74) is 15.4. The van der Waals surface area contributed by atoms with E-state index in [0.717, 1.165) is 17.1 Å². The molecule has 304 valence electrons. The van der Waals surface area contributed by atoms with Crippen LogP contribution in [0.25, 0.3) is 103 Å². The van der Waals surface area contributed by atoms with Gasteiger partial charge in [0.05, 0.1) is 15.7 Å². The molecule has 0 aliphatic heterocycles. The van der Waals surface area contributed by atoms with Crippen LogP contribution in [0.1, 0.15) is 0 Å². The topological polar surface area (TPSA) is 7.65 Å². The summed E-state index contributed by atoms with van der Waals surface area (Å²) in [6.45, 7) is 0. The number of hydrogen-bond acceptors (Lipinski definition) is 2. The molecule has 0 saturated heterocycles. The summed E-state index contributed by atoms with van der Waals surface area (Å²) < 4.78 is 3.77. The van der Waals surface area contributed by atoms with Gasteiger partial charge in [0.25, 0.3) is 0 Å². The smallest absolute Gasteiger partial charge is 0.109 e. The number of benzene rings is 11. The molecule has 0 saturated carbocycles. The molecule has 0 aliphatic carbocycles. The first-order valence-electron chi connectivity index (χ1n) is 22.2. The fraction of sp³-hybridized carbons (Fsp3) is 0. The van der Waals surface area contributed by atoms with Crippen molar-refractivity contribution in [2.24, 2.45) is 0 Å². The summed E-state index contributed by atoms with van der Waals surface area (Å²) in [6, 6.07) is 88.9. The largest absolute Gasteiger partial charge is 0.310 e. The molecule has 0 amide bonds. The Kier molecular flexibility index (Phi) is 8.75. The van der Waals surface area contributed by atoms with Crippen molar-refractivity contribution in [2.75, 3.05) is 4.90 Å². The van der Waals surface area contributed by atoms with Crippen LogP contribution in [-0.4, -0.2) is 4.40 Å². The maximum absolute atomic E-state index is 2.50. The van der Waals surface area contributed by atoms with Crippen molar-refractivity contribution < 1.29 is 0 Å². The van der Waals surface area contributed by atoms with Gasteiger partial charge in [0.1, 0.15) is 4.83 Å². The summed E-state index contributed by atoms with van der Waals surface area (Å²) in [5.74, 6) is 0. The molecule has 0 fully saturated rings. The molecule has 0 spiro atoms. The Bertz CT molecular complexity index is 3830. The molecule has 0 bridgehead atoms. The quantitative estimate of drug-likeness (QED) is 0.145. The lowest BCUT2D eigenvalue weighted by Crippen LogP contribution is -2.10. The van der Waals surface area contributed by atoms with E-state index in [9.17, 15) is 0 Å². The molecule has 2 heterocycles. The average Bonchev–Trinajstić information content (AvgIpc) is 3.92. The summed E-state index contributed by atoms with van der Waals surface area (Å²) in [6.07, 6.45) is 0. The van der Waals surface area contributed by atoms with E-state index in [1.807, 2.05) is 11.3 Å². The first kappa shape index (κ1) is 37.3. The molecule has 2 nitrogen and oxygen atoms in total. The molecule has 13 rings (SSSR count). The molecule has 3 heteroatoms. The first-order chi connectivity index (χ1) is 32.2. The van der Waals surface area contributed by atoms with Gasteiger partial charge >= 0.3 is 0 Å². The van der Waals surface area contributed by atoms with Crippen molar-refractivity contribution in [2.45, 2.75) is 0 Å². The van der Waals surface area contributed by atoms with Crippen LogP contribution in [0.5, 0.6) is 0 Å². The van der Waals surface area contributed by atoms with Crippen LogP contribution in [0.3, 0.4) is 0 Å². The number of fused-ring (bicyclic) bond motifs is 11. The summed E-state index contributed by atoms with van der Waals surface area (Å²) in [5, 5.41) is 8.84. The van der Waals surface area contributed by atoms with Crippen LogP contribution >= 0.6 is 11.3 Å². The summed E-state index contributed by atoms with van der Waals surface area (Å²) >= 11 is 1.88. The number of anilines is 3. The molecule has 0 aliphatic rings. The number of aromatic nitrogens is 1. The number of hydrogen-bond donors (Lipinski definition) is 0. The van der Waals surface area contributed by atoms with Crippen LogP contribution in [0.4, 0.5) is 17.1 Å². The van der Waals surface area contributed by atoms with Gasteiger partial charge in [0.2, 0.25) is 0 Å². The number of nitrogens with zero attached hydrogens (tertiary/aromatic N) is 2. The molecule has 0 radical (unpaired) electrons. The van der Waals surface area contributed by atoms with Gasteiger partial charge in [-0.2, -0.15) is 0 Å². The van der Waals surface area contributed by atoms with Gasteiger partial charge < -0.3 is 4.90 Å². The standard InChI is InChI=1S/C62H40N2S/c1-4-17-41(18-5-1)45-37-46(42-19-6-2-7-20-42)39-49(38-45)63(48-35-36-55-53-25-11-10-23-51(53)52-24-12-13-26-54(52)57(55)40-48)47-33-31-43(32-34-47)50-28-16-30-59-61(50)64-58-29-15-14-27-56(58)60(62(64)65-59)44-21-8-3-9-22-44/h1-40H. The van der Waals surface area contributed by atoms with E-state index in [0.29, 0.717) is 0 Å². The van der Waals surface area contributed by atoms with Crippen LogP contribution in [0.15, 0.2) is 243 Å². The van der Waals surface area contributed by atoms with Gasteiger partial charge in [0, 0.05) is 33.6 Å². The van der Waals surface area contributed by atoms with Crippen molar-refractivity contribution in [3.8, 4) is 44.5 Å². The Balaban J connectivity index is 1.03. The van der Waals surface area contributed by atoms with Crippen LogP contribution in [0.2, 0.25) is 0 Å². The van der Waals surface area contributed by atoms with Gasteiger partial charge in [-0.3, -0.25) is 4.40 Å². The van der Waals surface area contributed by atoms with Crippen LogP contribution in [0, 0.1) is 0 Å². The zero-order chi connectivity index (χ0) is 42.8. The van der Waals surface area contributed by atoms with E-state index in [-0.39, 0.29) is 0 Å². The second-order valence-corrected chi connectivity index (χ2v) is 17.9. The molecule has 65 heavy (non-hydrogen) atoms. The highest BCUT2D eigenvalue weighted by molar-refractivity contribution is 7.24. The molecule has 2 aromatic heterocycles. The lowest BCUT2D eigenvalue weighted by molar-refractivity contribution is 1.29. The van der Waals surface area contributed by atoms with E-state index in [1.54, 1.807) is 0 Å². The number of thiazole rings is 1. The van der Waals surface area contributed by atoms with Gasteiger partial charge in [-0.05, 0) is 120 Å². The zero-order valence-electron chi connectivity index (χ0n) is 35.4. The Morgan fingerprint density at radius 1 is 0.308 bits per heavy atom. The number of rotatable bonds is 7. The third-order valence-electron chi connectivity index (χ3n) is 13.1. The zero-order valence-corrected chi connectivity index (χ0v) is 36.2. The maximum Gasteiger partial charge on any atom is 0.109 e. The Hall–Kier alpha value is -8.24. The predicted molar refractivity (Wildman–Crippen MR) is 279 cm³/mol. The Morgan fingerprint density at radius 3 is 1.43 bits per heavy atom. The Labute approximate surface area is 381 Å². The van der Waals surface area contributed by atoms with Crippen LogP contribution in [-0.2, 0) is 0 Å². The molecular formula is C62H40N2S. The lowest BCUT2D eigenvalue weighted by atomic mass is 9.93. The van der Waals surface area contributed by atoms with E-state index >= 15 is 0 Å². The van der Waals surface area contributed by atoms with Gasteiger partial charge in [-0.15, -0.1) is 11.3 Å². The van der Waals surface area contributed by atoms with Gasteiger partial charge in [-0.25, -0.2) is 0 Å². The average molecular weight is 845 g/mol. The molecule has 11 aromatic carbocycles. The fourth-order valence-electron chi connectivity index (χ4n) is 10.2. The highest BCUT2D eigenvalue weighted by Gasteiger charge is 2.22. The van der Waals surface area contributed by atoms with E-state index < -0.39 is 0 Å².